The summed E-state index contributed by atoms with van der Waals surface area (Å²) in [5.41, 5.74) is -2.94. The van der Waals surface area contributed by atoms with Crippen LogP contribution >= 0.6 is 23.4 Å². The minimum absolute atomic E-state index is 0.246. The van der Waals surface area contributed by atoms with E-state index in [1.54, 1.807) is 5.32 Å². The number of urea groups is 1. The van der Waals surface area contributed by atoms with Crippen molar-refractivity contribution < 1.29 is 40.3 Å². The Morgan fingerprint density at radius 1 is 0.941 bits per heavy atom. The number of nitrogens with zero attached hydrogens (tertiary/aromatic N) is 1. The van der Waals surface area contributed by atoms with Crippen LogP contribution in [0.25, 0.3) is 0 Å². The van der Waals surface area contributed by atoms with E-state index in [2.05, 4.69) is 4.98 Å². The Bertz CT molecular complexity index is 1270. The lowest BCUT2D eigenvalue weighted by Crippen LogP contribution is -2.35. The van der Waals surface area contributed by atoms with Gasteiger partial charge in [0.15, 0.2) is 0 Å². The largest absolute Gasteiger partial charge is 0.417 e. The van der Waals surface area contributed by atoms with E-state index in [0.29, 0.717) is 36.2 Å². The number of amides is 3. The van der Waals surface area contributed by atoms with E-state index in [9.17, 15) is 40.3 Å². The molecule has 0 saturated heterocycles. The van der Waals surface area contributed by atoms with E-state index in [4.69, 9.17) is 11.6 Å². The van der Waals surface area contributed by atoms with Gasteiger partial charge in [0, 0.05) is 12.3 Å². The van der Waals surface area contributed by atoms with Crippen molar-refractivity contribution in [1.29, 1.82) is 0 Å². The number of hydrogen-bond acceptors (Lipinski definition) is 4. The highest BCUT2D eigenvalue weighted by molar-refractivity contribution is 7.99. The first-order valence-corrected chi connectivity index (χ1v) is 10.0. The number of benzene rings is 2. The summed E-state index contributed by atoms with van der Waals surface area (Å²) in [6.45, 7) is 0. The van der Waals surface area contributed by atoms with Crippen LogP contribution in [0.15, 0.2) is 52.5 Å². The first-order chi connectivity index (χ1) is 15.9. The Kier molecular flexibility index (Phi) is 7.36. The zero-order valence-corrected chi connectivity index (χ0v) is 17.8. The van der Waals surface area contributed by atoms with Crippen LogP contribution in [0.1, 0.15) is 15.9 Å². The Hall–Kier alpha value is -3.32. The quantitative estimate of drug-likeness (QED) is 0.387. The molecular weight excluding hydrogens is 515 g/mol. The minimum Gasteiger partial charge on any atom is -0.305 e. The van der Waals surface area contributed by atoms with Gasteiger partial charge in [-0.2, -0.15) is 13.2 Å². The van der Waals surface area contributed by atoms with Crippen molar-refractivity contribution in [2.24, 2.45) is 0 Å². The molecule has 2 aromatic carbocycles. The van der Waals surface area contributed by atoms with E-state index in [1.807, 2.05) is 5.32 Å². The van der Waals surface area contributed by atoms with Crippen molar-refractivity contribution in [1.82, 2.24) is 10.3 Å². The Morgan fingerprint density at radius 3 is 2.18 bits per heavy atom. The number of pyridine rings is 1. The summed E-state index contributed by atoms with van der Waals surface area (Å²) in [5.74, 6) is -6.29. The lowest BCUT2D eigenvalue weighted by molar-refractivity contribution is -0.137. The Labute approximate surface area is 195 Å². The molecule has 0 fully saturated rings. The van der Waals surface area contributed by atoms with E-state index in [1.165, 1.54) is 0 Å². The van der Waals surface area contributed by atoms with Crippen LogP contribution in [0, 0.1) is 23.3 Å². The molecule has 0 bridgehead atoms. The number of rotatable bonds is 4. The van der Waals surface area contributed by atoms with E-state index in [0.717, 1.165) is 18.2 Å². The molecule has 0 radical (unpaired) electrons. The van der Waals surface area contributed by atoms with Gasteiger partial charge in [-0.1, -0.05) is 29.4 Å². The molecule has 0 unspecified atom stereocenters. The molecule has 0 aliphatic heterocycles. The molecule has 0 spiro atoms. The van der Waals surface area contributed by atoms with Gasteiger partial charge in [0.2, 0.25) is 0 Å². The number of carbonyl (C=O) groups excluding carboxylic acids is 2. The van der Waals surface area contributed by atoms with Gasteiger partial charge < -0.3 is 5.32 Å². The molecule has 1 aromatic heterocycles. The number of carbonyl (C=O) groups is 2. The maximum absolute atomic E-state index is 14.4. The Balaban J connectivity index is 1.74. The highest BCUT2D eigenvalue weighted by atomic mass is 35.5. The summed E-state index contributed by atoms with van der Waals surface area (Å²) in [6.07, 6.45) is -4.23. The predicted octanol–water partition coefficient (Wildman–Crippen LogP) is 6.42. The summed E-state index contributed by atoms with van der Waals surface area (Å²) in [4.78, 5) is 26.9. The first-order valence-electron chi connectivity index (χ1n) is 8.82. The molecule has 1 heterocycles. The minimum atomic E-state index is -4.70. The van der Waals surface area contributed by atoms with Crippen LogP contribution in [0.3, 0.4) is 0 Å². The number of imide groups is 1. The lowest BCUT2D eigenvalue weighted by atomic mass is 10.2. The molecule has 0 atom stereocenters. The topological polar surface area (TPSA) is 71.1 Å². The number of alkyl halides is 3. The predicted molar refractivity (Wildman–Crippen MR) is 108 cm³/mol. The van der Waals surface area contributed by atoms with Crippen LogP contribution in [0.2, 0.25) is 5.02 Å². The van der Waals surface area contributed by atoms with Crippen molar-refractivity contribution in [2.45, 2.75) is 16.1 Å². The van der Waals surface area contributed by atoms with Crippen molar-refractivity contribution in [3.8, 4) is 0 Å². The smallest absolute Gasteiger partial charge is 0.305 e. The maximum atomic E-state index is 14.4. The van der Waals surface area contributed by atoms with Crippen molar-refractivity contribution in [2.75, 3.05) is 5.32 Å². The highest BCUT2D eigenvalue weighted by Crippen LogP contribution is 2.38. The maximum Gasteiger partial charge on any atom is 0.417 e. The average Bonchev–Trinajstić information content (AvgIpc) is 2.72. The molecule has 3 aromatic rings. The van der Waals surface area contributed by atoms with Crippen molar-refractivity contribution in [3.63, 3.8) is 0 Å². The fourth-order valence-corrected chi connectivity index (χ4v) is 3.57. The van der Waals surface area contributed by atoms with Gasteiger partial charge >= 0.3 is 12.2 Å². The lowest BCUT2D eigenvalue weighted by Gasteiger charge is -2.11. The summed E-state index contributed by atoms with van der Waals surface area (Å²) in [5, 5.41) is 2.68. The number of aromatic nitrogens is 1. The van der Waals surface area contributed by atoms with Gasteiger partial charge in [-0.25, -0.2) is 27.3 Å². The fourth-order valence-electron chi connectivity index (χ4n) is 2.50. The third kappa shape index (κ3) is 5.78. The first kappa shape index (κ1) is 25.3. The molecule has 3 rings (SSSR count). The second-order valence-corrected chi connectivity index (χ2v) is 7.82. The third-order valence-corrected chi connectivity index (χ3v) is 5.48. The highest BCUT2D eigenvalue weighted by Gasteiger charge is 2.31. The molecule has 3 amide bonds. The van der Waals surface area contributed by atoms with Crippen molar-refractivity contribution in [3.05, 3.63) is 82.0 Å². The molecule has 0 aliphatic carbocycles. The van der Waals surface area contributed by atoms with E-state index >= 15 is 0 Å². The van der Waals surface area contributed by atoms with Gasteiger partial charge in [-0.15, -0.1) is 0 Å². The second-order valence-electron chi connectivity index (χ2n) is 6.38. The third-order valence-electron chi connectivity index (χ3n) is 4.03. The van der Waals surface area contributed by atoms with Crippen LogP contribution in [-0.2, 0) is 6.18 Å². The van der Waals surface area contributed by atoms with Gasteiger partial charge in [0.1, 0.15) is 33.9 Å². The average molecular weight is 524 g/mol. The summed E-state index contributed by atoms with van der Waals surface area (Å²) in [6, 6.07) is 2.82. The van der Waals surface area contributed by atoms with E-state index in [-0.39, 0.29) is 5.03 Å². The second kappa shape index (κ2) is 9.89. The van der Waals surface area contributed by atoms with Crippen LogP contribution in [0.4, 0.5) is 41.2 Å². The van der Waals surface area contributed by atoms with Crippen LogP contribution in [-0.4, -0.2) is 16.9 Å². The zero-order chi connectivity index (χ0) is 25.2. The molecule has 0 aliphatic rings. The standard InChI is InChI=1S/C20H9ClF7N3O2S/c21-9-4-8(20(26,27)28)7-29-18(9)34-15-6-12(24)14(5-13(15)25)30-19(33)31-17(32)16-10(22)2-1-3-11(16)23/h1-7H,(H2,30,31,32,33). The fraction of sp³-hybridized carbons (Fsp3) is 0.0500. The van der Waals surface area contributed by atoms with Crippen LogP contribution in [0.5, 0.6) is 0 Å². The number of nitrogens with one attached hydrogen (secondary N) is 2. The molecule has 2 N–H and O–H groups in total. The monoisotopic (exact) mass is 523 g/mol. The normalized spacial score (nSPS) is 11.3. The molecule has 0 saturated carbocycles. The van der Waals surface area contributed by atoms with Crippen molar-refractivity contribution >= 4 is 41.0 Å². The molecule has 5 nitrogen and oxygen atoms in total. The molecule has 14 heteroatoms. The van der Waals surface area contributed by atoms with E-state index < -0.39 is 68.1 Å². The SMILES string of the molecule is O=C(NC(=O)c1c(F)cccc1F)Nc1cc(F)c(Sc2ncc(C(F)(F)F)cc2Cl)cc1F. The van der Waals surface area contributed by atoms with Gasteiger partial charge in [-0.3, -0.25) is 10.1 Å². The summed E-state index contributed by atoms with van der Waals surface area (Å²) in [7, 11) is 0. The zero-order valence-electron chi connectivity index (χ0n) is 16.2. The number of anilines is 1. The summed E-state index contributed by atoms with van der Waals surface area (Å²) < 4.78 is 94.1. The van der Waals surface area contributed by atoms with Gasteiger partial charge in [0.25, 0.3) is 5.91 Å². The van der Waals surface area contributed by atoms with Gasteiger partial charge in [-0.05, 0) is 24.3 Å². The Morgan fingerprint density at radius 2 is 1.59 bits per heavy atom. The summed E-state index contributed by atoms with van der Waals surface area (Å²) >= 11 is 6.17. The van der Waals surface area contributed by atoms with Gasteiger partial charge in [0.05, 0.1) is 21.2 Å². The molecule has 34 heavy (non-hydrogen) atoms. The molecular formula is C20H9ClF7N3O2S. The number of halogens is 8. The molecule has 178 valence electrons. The van der Waals surface area contributed by atoms with Crippen LogP contribution < -0.4 is 10.6 Å². The number of hydrogen-bond donors (Lipinski definition) is 2.